The quantitative estimate of drug-likeness (QED) is 0.827. The van der Waals surface area contributed by atoms with Gasteiger partial charge in [-0.3, -0.25) is 0 Å². The Morgan fingerprint density at radius 2 is 1.83 bits per heavy atom. The van der Waals surface area contributed by atoms with E-state index in [9.17, 15) is 5.11 Å². The molecule has 0 aliphatic rings. The summed E-state index contributed by atoms with van der Waals surface area (Å²) >= 11 is 0. The van der Waals surface area contributed by atoms with Gasteiger partial charge in [-0.2, -0.15) is 0 Å². The van der Waals surface area contributed by atoms with Crippen LogP contribution in [0.2, 0.25) is 0 Å². The Hall–Kier alpha value is -1.57. The second-order valence-corrected chi connectivity index (χ2v) is 7.98. The van der Waals surface area contributed by atoms with Crippen molar-refractivity contribution in [3.8, 4) is 11.5 Å². The molecule has 1 unspecified atom stereocenters. The molecule has 0 saturated carbocycles. The molecule has 4 heteroatoms. The number of benzene rings is 2. The van der Waals surface area contributed by atoms with Crippen LogP contribution in [0.5, 0.6) is 11.5 Å². The van der Waals surface area contributed by atoms with Crippen LogP contribution >= 0.6 is 8.58 Å². The Morgan fingerprint density at radius 1 is 1.13 bits per heavy atom. The lowest BCUT2D eigenvalue weighted by Gasteiger charge is -2.22. The maximum absolute atomic E-state index is 10.4. The van der Waals surface area contributed by atoms with Gasteiger partial charge in [-0.05, 0) is 50.2 Å². The van der Waals surface area contributed by atoms with E-state index in [1.165, 1.54) is 16.4 Å². The number of ether oxygens (including phenoxy) is 1. The normalized spacial score (nSPS) is 12.0. The van der Waals surface area contributed by atoms with Gasteiger partial charge < -0.3 is 15.2 Å². The minimum absolute atomic E-state index is 0.0717. The van der Waals surface area contributed by atoms with Crippen LogP contribution in [0.25, 0.3) is 0 Å². The van der Waals surface area contributed by atoms with E-state index in [1.807, 2.05) is 12.1 Å². The lowest BCUT2D eigenvalue weighted by atomic mass is 10.1. The van der Waals surface area contributed by atoms with Gasteiger partial charge in [0.15, 0.2) is 11.5 Å². The first-order valence-corrected chi connectivity index (χ1v) is 8.78. The minimum Gasteiger partial charge on any atom is -0.504 e. The summed E-state index contributed by atoms with van der Waals surface area (Å²) in [6.07, 6.45) is 0. The zero-order chi connectivity index (χ0) is 17.0. The zero-order valence-electron chi connectivity index (χ0n) is 14.5. The summed E-state index contributed by atoms with van der Waals surface area (Å²) in [5, 5.41) is 16.1. The van der Waals surface area contributed by atoms with Crippen molar-refractivity contribution < 1.29 is 9.84 Å². The van der Waals surface area contributed by atoms with E-state index in [-0.39, 0.29) is 11.3 Å². The number of para-hydroxylation sites is 1. The number of aryl methyl sites for hydroxylation is 1. The molecule has 0 radical (unpaired) electrons. The van der Waals surface area contributed by atoms with Crippen molar-refractivity contribution in [2.75, 3.05) is 7.11 Å². The highest BCUT2D eigenvalue weighted by Gasteiger charge is 2.14. The fourth-order valence-corrected chi connectivity index (χ4v) is 3.64. The third-order valence-electron chi connectivity index (χ3n) is 3.65. The van der Waals surface area contributed by atoms with Crippen LogP contribution in [0.4, 0.5) is 0 Å². The molecule has 2 aromatic carbocycles. The molecule has 0 aliphatic carbocycles. The van der Waals surface area contributed by atoms with Gasteiger partial charge in [0.2, 0.25) is 0 Å². The predicted octanol–water partition coefficient (Wildman–Crippen LogP) is 3.23. The maximum atomic E-state index is 10.4. The van der Waals surface area contributed by atoms with Crippen molar-refractivity contribution in [3.63, 3.8) is 0 Å². The smallest absolute Gasteiger partial charge is 0.165 e. The van der Waals surface area contributed by atoms with Gasteiger partial charge in [0, 0.05) is 17.4 Å². The number of aromatic hydroxyl groups is 1. The van der Waals surface area contributed by atoms with Gasteiger partial charge in [0.25, 0.3) is 0 Å². The van der Waals surface area contributed by atoms with E-state index in [4.69, 9.17) is 4.74 Å². The number of nitrogens with one attached hydrogen (secondary N) is 1. The summed E-state index contributed by atoms with van der Waals surface area (Å²) in [5.74, 6) is 0.768. The Balaban J connectivity index is 2.32. The van der Waals surface area contributed by atoms with Crippen LogP contribution in [0, 0.1) is 6.92 Å². The van der Waals surface area contributed by atoms with E-state index in [2.05, 4.69) is 51.2 Å². The SMILES string of the molecule is COc1cccc(Pc2c(C)cccc2CNC(C)(C)C)c1O. The van der Waals surface area contributed by atoms with Crippen LogP contribution in [0.3, 0.4) is 0 Å². The van der Waals surface area contributed by atoms with Crippen molar-refractivity contribution in [2.24, 2.45) is 0 Å². The summed E-state index contributed by atoms with van der Waals surface area (Å²) < 4.78 is 5.22. The van der Waals surface area contributed by atoms with E-state index >= 15 is 0 Å². The maximum Gasteiger partial charge on any atom is 0.165 e. The zero-order valence-corrected chi connectivity index (χ0v) is 15.5. The number of rotatable bonds is 5. The highest BCUT2D eigenvalue weighted by molar-refractivity contribution is 7.56. The first kappa shape index (κ1) is 17.8. The average molecular weight is 331 g/mol. The van der Waals surface area contributed by atoms with Gasteiger partial charge in [0.1, 0.15) is 0 Å². The van der Waals surface area contributed by atoms with Crippen LogP contribution in [-0.2, 0) is 6.54 Å². The molecule has 2 N–H and O–H groups in total. The van der Waals surface area contributed by atoms with Crippen LogP contribution in [-0.4, -0.2) is 17.8 Å². The fourth-order valence-electron chi connectivity index (χ4n) is 2.34. The molecule has 2 rings (SSSR count). The topological polar surface area (TPSA) is 41.5 Å². The Labute approximate surface area is 140 Å². The molecule has 0 bridgehead atoms. The lowest BCUT2D eigenvalue weighted by Crippen LogP contribution is -2.36. The van der Waals surface area contributed by atoms with E-state index in [0.717, 1.165) is 11.8 Å². The average Bonchev–Trinajstić information content (AvgIpc) is 2.49. The second kappa shape index (κ2) is 7.33. The van der Waals surface area contributed by atoms with Crippen molar-refractivity contribution in [1.29, 1.82) is 0 Å². The number of methoxy groups -OCH3 is 1. The molecular formula is C19H26NO2P. The first-order valence-electron chi connectivity index (χ1n) is 7.78. The molecule has 124 valence electrons. The van der Waals surface area contributed by atoms with E-state index in [0.29, 0.717) is 14.3 Å². The summed E-state index contributed by atoms with van der Waals surface area (Å²) in [7, 11) is 1.97. The molecule has 0 fully saturated rings. The fraction of sp³-hybridized carbons (Fsp3) is 0.368. The van der Waals surface area contributed by atoms with Gasteiger partial charge in [-0.15, -0.1) is 0 Å². The Bertz CT molecular complexity index is 678. The Morgan fingerprint density at radius 3 is 2.48 bits per heavy atom. The lowest BCUT2D eigenvalue weighted by molar-refractivity contribution is 0.375. The molecular weight excluding hydrogens is 305 g/mol. The third-order valence-corrected chi connectivity index (χ3v) is 5.29. The highest BCUT2D eigenvalue weighted by atomic mass is 31.1. The molecule has 0 spiro atoms. The number of phenolic OH excluding ortho intramolecular Hbond substituents is 1. The van der Waals surface area contributed by atoms with Crippen molar-refractivity contribution >= 4 is 19.2 Å². The first-order chi connectivity index (χ1) is 10.8. The Kier molecular flexibility index (Phi) is 5.67. The molecule has 2 aromatic rings. The van der Waals surface area contributed by atoms with Gasteiger partial charge in [-0.25, -0.2) is 0 Å². The highest BCUT2D eigenvalue weighted by Crippen LogP contribution is 2.29. The molecule has 1 atom stereocenters. The summed E-state index contributed by atoms with van der Waals surface area (Å²) in [6, 6.07) is 12.0. The summed E-state index contributed by atoms with van der Waals surface area (Å²) in [4.78, 5) is 0. The molecule has 23 heavy (non-hydrogen) atoms. The van der Waals surface area contributed by atoms with E-state index in [1.54, 1.807) is 13.2 Å². The molecule has 0 amide bonds. The number of phenols is 1. The van der Waals surface area contributed by atoms with Crippen molar-refractivity contribution in [1.82, 2.24) is 5.32 Å². The monoisotopic (exact) mass is 331 g/mol. The largest absolute Gasteiger partial charge is 0.504 e. The van der Waals surface area contributed by atoms with Gasteiger partial charge in [-0.1, -0.05) is 38.9 Å². The molecule has 0 aliphatic heterocycles. The van der Waals surface area contributed by atoms with Crippen LogP contribution in [0.15, 0.2) is 36.4 Å². The predicted molar refractivity (Wildman–Crippen MR) is 100 cm³/mol. The summed E-state index contributed by atoms with van der Waals surface area (Å²) in [6.45, 7) is 9.44. The van der Waals surface area contributed by atoms with Crippen molar-refractivity contribution in [2.45, 2.75) is 39.8 Å². The summed E-state index contributed by atoms with van der Waals surface area (Å²) in [5.41, 5.74) is 2.60. The number of hydrogen-bond donors (Lipinski definition) is 2. The van der Waals surface area contributed by atoms with Crippen LogP contribution < -0.4 is 20.7 Å². The van der Waals surface area contributed by atoms with Gasteiger partial charge >= 0.3 is 0 Å². The third kappa shape index (κ3) is 4.70. The second-order valence-electron chi connectivity index (χ2n) is 6.69. The standard InChI is InChI=1S/C19H26NO2P/c1-13-8-6-9-14(12-20-19(2,3)4)18(13)23-16-11-7-10-15(22-5)17(16)21/h6-11,20-21,23H,12H2,1-5H3. The van der Waals surface area contributed by atoms with E-state index < -0.39 is 0 Å². The van der Waals surface area contributed by atoms with Crippen molar-refractivity contribution in [3.05, 3.63) is 47.5 Å². The van der Waals surface area contributed by atoms with Crippen LogP contribution in [0.1, 0.15) is 31.9 Å². The molecule has 0 aromatic heterocycles. The molecule has 0 saturated heterocycles. The number of hydrogen-bond acceptors (Lipinski definition) is 3. The molecule has 3 nitrogen and oxygen atoms in total. The minimum atomic E-state index is 0.0717. The van der Waals surface area contributed by atoms with Gasteiger partial charge in [0.05, 0.1) is 7.11 Å². The molecule has 0 heterocycles.